The predicted molar refractivity (Wildman–Crippen MR) is 164 cm³/mol. The third-order valence-electron chi connectivity index (χ3n) is 10.8. The molecule has 224 valence electrons. The Hall–Kier alpha value is -3.11. The Kier molecular flexibility index (Phi) is 9.28. The summed E-state index contributed by atoms with van der Waals surface area (Å²) >= 11 is 0. The van der Waals surface area contributed by atoms with Gasteiger partial charge in [0.15, 0.2) is 23.5 Å². The lowest BCUT2D eigenvalue weighted by atomic mass is 9.53. The number of carbonyl (C=O) groups is 2. The number of hydrogen-bond donors (Lipinski definition) is 1. The first kappa shape index (κ1) is 31.8. The van der Waals surface area contributed by atoms with Gasteiger partial charge in [0.1, 0.15) is 0 Å². The second kappa shape index (κ2) is 12.2. The average molecular weight is 572 g/mol. The molecule has 1 aromatic carbocycles. The Morgan fingerprint density at radius 1 is 1.21 bits per heavy atom. The van der Waals surface area contributed by atoms with Gasteiger partial charge in [-0.1, -0.05) is 76.8 Å². The van der Waals surface area contributed by atoms with E-state index in [1.54, 1.807) is 6.08 Å². The first-order chi connectivity index (χ1) is 19.9. The Balaban J connectivity index is 1.76. The number of ketones is 2. The van der Waals surface area contributed by atoms with Crippen molar-refractivity contribution in [1.29, 1.82) is 5.26 Å². The smallest absolute Gasteiger partial charge is 0.185 e. The number of carbonyl (C=O) groups excluding carboxylic acids is 2. The van der Waals surface area contributed by atoms with Crippen LogP contribution in [0.3, 0.4) is 0 Å². The first-order valence-electron chi connectivity index (χ1n) is 15.1. The van der Waals surface area contributed by atoms with Gasteiger partial charge in [-0.2, -0.15) is 5.26 Å². The van der Waals surface area contributed by atoms with Gasteiger partial charge in [0, 0.05) is 17.6 Å². The van der Waals surface area contributed by atoms with Crippen LogP contribution in [-0.4, -0.2) is 41.3 Å². The van der Waals surface area contributed by atoms with Crippen LogP contribution in [0.2, 0.25) is 0 Å². The summed E-state index contributed by atoms with van der Waals surface area (Å²) in [6, 6.07) is 9.89. The molecule has 42 heavy (non-hydrogen) atoms. The monoisotopic (exact) mass is 571 g/mol. The van der Waals surface area contributed by atoms with E-state index in [9.17, 15) is 20.0 Å². The van der Waals surface area contributed by atoms with Crippen LogP contribution in [0.5, 0.6) is 0 Å². The molecule has 2 aliphatic carbocycles. The van der Waals surface area contributed by atoms with Crippen molar-refractivity contribution in [3.05, 3.63) is 70.7 Å². The maximum atomic E-state index is 14.0. The van der Waals surface area contributed by atoms with E-state index in [-0.39, 0.29) is 42.3 Å². The predicted octanol–water partition coefficient (Wildman–Crippen LogP) is 4.95. The molecule has 0 bridgehead atoms. The Morgan fingerprint density at radius 3 is 2.52 bits per heavy atom. The number of aliphatic hydroxyl groups is 1. The number of rotatable bonds is 9. The summed E-state index contributed by atoms with van der Waals surface area (Å²) in [7, 11) is 0. The van der Waals surface area contributed by atoms with Crippen molar-refractivity contribution in [2.24, 2.45) is 28.6 Å². The van der Waals surface area contributed by atoms with Gasteiger partial charge in [-0.15, -0.1) is 0 Å². The molecule has 0 aromatic heterocycles. The van der Waals surface area contributed by atoms with Crippen LogP contribution in [0.1, 0.15) is 66.7 Å². The zero-order valence-corrected chi connectivity index (χ0v) is 25.7. The normalized spacial score (nSPS) is 35.5. The van der Waals surface area contributed by atoms with E-state index in [0.717, 1.165) is 34.4 Å². The van der Waals surface area contributed by atoms with Crippen LogP contribution in [0, 0.1) is 39.9 Å². The van der Waals surface area contributed by atoms with Gasteiger partial charge in [0.05, 0.1) is 18.6 Å². The lowest BCUT2D eigenvalue weighted by molar-refractivity contribution is -0.168. The maximum Gasteiger partial charge on any atom is 0.185 e. The van der Waals surface area contributed by atoms with Gasteiger partial charge in [-0.05, 0) is 84.4 Å². The number of allylic oxidation sites excluding steroid dienone is 4. The topological polar surface area (TPSA) is 96.6 Å². The molecule has 0 amide bonds. The molecule has 6 nitrogen and oxygen atoms in total. The van der Waals surface area contributed by atoms with Crippen molar-refractivity contribution < 1.29 is 24.2 Å². The van der Waals surface area contributed by atoms with Crippen LogP contribution in [0.15, 0.2) is 60.2 Å². The minimum absolute atomic E-state index is 0.00257. The molecule has 6 heteroatoms. The molecular weight excluding hydrogens is 526 g/mol. The zero-order chi connectivity index (χ0) is 30.9. The average Bonchev–Trinajstić information content (AvgIpc) is 3.47. The molecule has 1 heterocycles. The molecule has 0 spiro atoms. The maximum absolute atomic E-state index is 14.0. The van der Waals surface area contributed by atoms with E-state index in [0.29, 0.717) is 12.8 Å². The molecule has 1 aliphatic heterocycles. The standard InChI is InChI=1S/C36H45NO5/c1-8-24(19-25-14-12-11-13-23(25)4)33-41-32-21-29(35(7,10-3)36(32,42-33)31(40)17-18-37)28-16-15-26(20-27(39)9-2)34(5,6)30(28)22-38/h8-9,11-14,19-20,28-30,32-33,38H,2,4,10,15-17,21-22H2,1,3,5-7H3/b24-8+,25-19-,26-20-/t28-,29-,30-,32+,33?,35-,36+/m0/s1. The van der Waals surface area contributed by atoms with E-state index in [2.05, 4.69) is 46.9 Å². The van der Waals surface area contributed by atoms with Crippen LogP contribution in [0.25, 0.3) is 12.7 Å². The highest BCUT2D eigenvalue weighted by Gasteiger charge is 2.72. The summed E-state index contributed by atoms with van der Waals surface area (Å²) in [6.07, 6.45) is 8.09. The summed E-state index contributed by atoms with van der Waals surface area (Å²) in [5, 5.41) is 22.2. The van der Waals surface area contributed by atoms with E-state index in [1.165, 1.54) is 6.08 Å². The lowest BCUT2D eigenvalue weighted by Crippen LogP contribution is -2.57. The fourth-order valence-electron chi connectivity index (χ4n) is 8.19. The lowest BCUT2D eigenvalue weighted by Gasteiger charge is -2.52. The number of Topliss-reactive ketones (excluding diaryl/α,β-unsaturated/α-hetero) is 1. The summed E-state index contributed by atoms with van der Waals surface area (Å²) in [4.78, 5) is 26.3. The van der Waals surface area contributed by atoms with Crippen LogP contribution in [0.4, 0.5) is 0 Å². The second-order valence-electron chi connectivity index (χ2n) is 12.8. The zero-order valence-electron chi connectivity index (χ0n) is 25.7. The summed E-state index contributed by atoms with van der Waals surface area (Å²) in [6.45, 7) is 18.0. The van der Waals surface area contributed by atoms with Gasteiger partial charge in [-0.3, -0.25) is 9.59 Å². The third-order valence-corrected chi connectivity index (χ3v) is 10.8. The van der Waals surface area contributed by atoms with E-state index >= 15 is 0 Å². The van der Waals surface area contributed by atoms with Crippen LogP contribution < -0.4 is 10.4 Å². The molecule has 3 fully saturated rings. The van der Waals surface area contributed by atoms with Crippen molar-refractivity contribution in [2.75, 3.05) is 6.61 Å². The van der Waals surface area contributed by atoms with Crippen molar-refractivity contribution in [1.82, 2.24) is 0 Å². The minimum Gasteiger partial charge on any atom is -0.396 e. The molecule has 0 radical (unpaired) electrons. The molecule has 7 atom stereocenters. The molecule has 1 unspecified atom stereocenters. The van der Waals surface area contributed by atoms with Gasteiger partial charge in [0.2, 0.25) is 0 Å². The Bertz CT molecular complexity index is 1450. The number of nitriles is 1. The van der Waals surface area contributed by atoms with Gasteiger partial charge >= 0.3 is 0 Å². The Labute approximate surface area is 250 Å². The number of fused-ring (bicyclic) bond motifs is 1. The fourth-order valence-corrected chi connectivity index (χ4v) is 8.19. The molecule has 4 rings (SSSR count). The van der Waals surface area contributed by atoms with Crippen LogP contribution >= 0.6 is 0 Å². The second-order valence-corrected chi connectivity index (χ2v) is 12.8. The van der Waals surface area contributed by atoms with Crippen molar-refractivity contribution in [3.63, 3.8) is 0 Å². The van der Waals surface area contributed by atoms with Crippen LogP contribution in [-0.2, 0) is 19.1 Å². The van der Waals surface area contributed by atoms with E-state index in [1.807, 2.05) is 43.3 Å². The Morgan fingerprint density at radius 2 is 1.93 bits per heavy atom. The van der Waals surface area contributed by atoms with E-state index in [4.69, 9.17) is 9.47 Å². The molecular formula is C36H45NO5. The minimum atomic E-state index is -1.29. The van der Waals surface area contributed by atoms with E-state index < -0.39 is 28.8 Å². The van der Waals surface area contributed by atoms with Crippen molar-refractivity contribution in [3.8, 4) is 6.07 Å². The number of nitrogens with zero attached hydrogens (tertiary/aromatic N) is 1. The van der Waals surface area contributed by atoms with Gasteiger partial charge in [-0.25, -0.2) is 0 Å². The number of benzene rings is 1. The first-order valence-corrected chi connectivity index (χ1v) is 15.1. The highest BCUT2D eigenvalue weighted by Crippen LogP contribution is 2.65. The van der Waals surface area contributed by atoms with Crippen molar-refractivity contribution in [2.45, 2.75) is 84.7 Å². The number of ether oxygens (including phenoxy) is 2. The fraction of sp³-hybridized carbons (Fsp3) is 0.528. The largest absolute Gasteiger partial charge is 0.396 e. The molecule has 2 saturated carbocycles. The SMILES string of the molecule is C=CC(=O)/C=C1/CC[C@@H]([C@@H]2C[C@H]3OC(C(/C=c4/ccccc4=C)=C/C)O[C@@]3(C(=O)CC#N)[C@@]2(C)CC)[C@H](CO)C1(C)C. The molecule has 1 saturated heterocycles. The highest BCUT2D eigenvalue weighted by molar-refractivity contribution is 5.99. The van der Waals surface area contributed by atoms with Gasteiger partial charge in [0.25, 0.3) is 0 Å². The quantitative estimate of drug-likeness (QED) is 0.422. The number of hydrogen-bond acceptors (Lipinski definition) is 6. The molecule has 1 aromatic rings. The van der Waals surface area contributed by atoms with Gasteiger partial charge < -0.3 is 14.6 Å². The number of aliphatic hydroxyl groups excluding tert-OH is 1. The third kappa shape index (κ3) is 5.06. The highest BCUT2D eigenvalue weighted by atomic mass is 16.7. The summed E-state index contributed by atoms with van der Waals surface area (Å²) in [5.74, 6) is -0.432. The summed E-state index contributed by atoms with van der Waals surface area (Å²) < 4.78 is 13.5. The van der Waals surface area contributed by atoms with Crippen molar-refractivity contribution >= 4 is 24.2 Å². The summed E-state index contributed by atoms with van der Waals surface area (Å²) in [5.41, 5.74) is -0.548. The molecule has 1 N–H and O–H groups in total. The molecule has 3 aliphatic rings.